The van der Waals surface area contributed by atoms with E-state index in [4.69, 9.17) is 5.10 Å². The third kappa shape index (κ3) is 3.18. The van der Waals surface area contributed by atoms with Gasteiger partial charge in [-0.1, -0.05) is 14.7 Å². The first-order valence-corrected chi connectivity index (χ1v) is 10.9. The third-order valence-corrected chi connectivity index (χ3v) is 7.32. The van der Waals surface area contributed by atoms with Crippen molar-refractivity contribution in [3.05, 3.63) is 59.5 Å². The number of hydrogen-bond donors (Lipinski definition) is 0. The summed E-state index contributed by atoms with van der Waals surface area (Å²) in [5.74, 6) is 0.0984. The highest BCUT2D eigenvalue weighted by atomic mass is 31.1. The molecule has 0 spiro atoms. The summed E-state index contributed by atoms with van der Waals surface area (Å²) in [6.07, 6.45) is 10.0. The van der Waals surface area contributed by atoms with Crippen molar-refractivity contribution in [2.75, 3.05) is 27.2 Å². The SMILES string of the molecule is Cc1cn2nc(C3=CC(=O)N4C=C(N5CC(N(C)C)C5)C=CC4P3)cc2c(C)n1. The highest BCUT2D eigenvalue weighted by molar-refractivity contribution is 7.51. The zero-order valence-corrected chi connectivity index (χ0v) is 18.1. The molecule has 8 heteroatoms. The number of aryl methyl sites for hydroxylation is 2. The van der Waals surface area contributed by atoms with Crippen LogP contribution in [0, 0.1) is 13.8 Å². The van der Waals surface area contributed by atoms with E-state index in [2.05, 4.69) is 41.0 Å². The van der Waals surface area contributed by atoms with Crippen molar-refractivity contribution in [1.82, 2.24) is 29.3 Å². The van der Waals surface area contributed by atoms with Crippen molar-refractivity contribution in [3.63, 3.8) is 0 Å². The number of rotatable bonds is 3. The second kappa shape index (κ2) is 6.78. The smallest absolute Gasteiger partial charge is 0.252 e. The minimum atomic E-state index is 0.0263. The van der Waals surface area contributed by atoms with Crippen LogP contribution >= 0.6 is 8.58 Å². The molecule has 3 aliphatic heterocycles. The molecule has 5 heterocycles. The number of amides is 1. The average Bonchev–Trinajstić information content (AvgIpc) is 3.05. The van der Waals surface area contributed by atoms with E-state index >= 15 is 0 Å². The monoisotopic (exact) mass is 408 g/mol. The van der Waals surface area contributed by atoms with Gasteiger partial charge in [-0.2, -0.15) is 5.10 Å². The Kier molecular flexibility index (Phi) is 4.33. The minimum Gasteiger partial charge on any atom is -0.367 e. The molecule has 0 bridgehead atoms. The van der Waals surface area contributed by atoms with Gasteiger partial charge in [-0.25, -0.2) is 4.52 Å². The number of likely N-dealkylation sites (N-methyl/N-ethyl adjacent to an activating group) is 1. The van der Waals surface area contributed by atoms with Crippen LogP contribution in [0.15, 0.2) is 42.4 Å². The fourth-order valence-corrected chi connectivity index (χ4v) is 5.34. The van der Waals surface area contributed by atoms with Crippen molar-refractivity contribution in [2.24, 2.45) is 0 Å². The van der Waals surface area contributed by atoms with Crippen LogP contribution in [-0.2, 0) is 4.79 Å². The normalized spacial score (nSPS) is 22.9. The largest absolute Gasteiger partial charge is 0.367 e. The van der Waals surface area contributed by atoms with Gasteiger partial charge in [0.15, 0.2) is 0 Å². The number of allylic oxidation sites excluding steroid dienone is 1. The first kappa shape index (κ1) is 18.5. The van der Waals surface area contributed by atoms with Crippen LogP contribution in [0.5, 0.6) is 0 Å². The van der Waals surface area contributed by atoms with Gasteiger partial charge in [0.1, 0.15) is 0 Å². The second-order valence-corrected chi connectivity index (χ2v) is 9.57. The summed E-state index contributed by atoms with van der Waals surface area (Å²) in [4.78, 5) is 23.9. The fourth-order valence-electron chi connectivity index (χ4n) is 4.02. The number of carbonyl (C=O) groups excluding carboxylic acids is 1. The molecule has 2 unspecified atom stereocenters. The maximum Gasteiger partial charge on any atom is 0.252 e. The highest BCUT2D eigenvalue weighted by Crippen LogP contribution is 2.44. The Bertz CT molecular complexity index is 1090. The number of nitrogens with zero attached hydrogens (tertiary/aromatic N) is 6. The van der Waals surface area contributed by atoms with Gasteiger partial charge < -0.3 is 14.7 Å². The van der Waals surface area contributed by atoms with Crippen LogP contribution in [0.4, 0.5) is 0 Å². The Morgan fingerprint density at radius 2 is 2.03 bits per heavy atom. The predicted octanol–water partition coefficient (Wildman–Crippen LogP) is 2.19. The first-order chi connectivity index (χ1) is 13.9. The lowest BCUT2D eigenvalue weighted by molar-refractivity contribution is -0.123. The summed E-state index contributed by atoms with van der Waals surface area (Å²) in [6, 6.07) is 2.63. The predicted molar refractivity (Wildman–Crippen MR) is 116 cm³/mol. The molecule has 29 heavy (non-hydrogen) atoms. The van der Waals surface area contributed by atoms with Gasteiger partial charge in [0, 0.05) is 36.7 Å². The van der Waals surface area contributed by atoms with Crippen LogP contribution < -0.4 is 0 Å². The number of likely N-dealkylation sites (tertiary alicyclic amines) is 1. The Morgan fingerprint density at radius 3 is 2.79 bits per heavy atom. The molecule has 150 valence electrons. The van der Waals surface area contributed by atoms with E-state index in [1.54, 1.807) is 6.08 Å². The number of hydrogen-bond acceptors (Lipinski definition) is 5. The lowest BCUT2D eigenvalue weighted by Crippen LogP contribution is -2.56. The van der Waals surface area contributed by atoms with Gasteiger partial charge in [-0.15, -0.1) is 0 Å². The summed E-state index contributed by atoms with van der Waals surface area (Å²) in [7, 11) is 4.70. The van der Waals surface area contributed by atoms with Gasteiger partial charge in [0.25, 0.3) is 5.91 Å². The zero-order chi connectivity index (χ0) is 20.3. The molecule has 0 aromatic carbocycles. The maximum absolute atomic E-state index is 12.9. The maximum atomic E-state index is 12.9. The number of aromatic nitrogens is 3. The number of carbonyl (C=O) groups is 1. The van der Waals surface area contributed by atoms with E-state index < -0.39 is 0 Å². The van der Waals surface area contributed by atoms with Gasteiger partial charge in [-0.3, -0.25) is 9.78 Å². The van der Waals surface area contributed by atoms with E-state index in [1.165, 1.54) is 0 Å². The lowest BCUT2D eigenvalue weighted by Gasteiger charge is -2.46. The molecule has 0 N–H and O–H groups in total. The molecule has 1 fully saturated rings. The summed E-state index contributed by atoms with van der Waals surface area (Å²) >= 11 is 0. The second-order valence-electron chi connectivity index (χ2n) is 8.16. The molecule has 1 amide bonds. The highest BCUT2D eigenvalue weighted by Gasteiger charge is 2.34. The van der Waals surface area contributed by atoms with Gasteiger partial charge in [-0.05, 0) is 40.1 Å². The fraction of sp³-hybridized carbons (Fsp3) is 0.381. The Morgan fingerprint density at radius 1 is 1.24 bits per heavy atom. The van der Waals surface area contributed by atoms with E-state index in [0.717, 1.165) is 46.7 Å². The third-order valence-electron chi connectivity index (χ3n) is 5.84. The molecule has 0 saturated carbocycles. The minimum absolute atomic E-state index is 0.0263. The molecule has 2 aromatic rings. The van der Waals surface area contributed by atoms with Crippen molar-refractivity contribution in [2.45, 2.75) is 25.7 Å². The molecular weight excluding hydrogens is 383 g/mol. The quantitative estimate of drug-likeness (QED) is 0.729. The lowest BCUT2D eigenvalue weighted by atomic mass is 10.1. The Hall–Kier alpha value is -2.50. The van der Waals surface area contributed by atoms with Gasteiger partial charge in [0.05, 0.1) is 40.3 Å². The standard InChI is InChI=1S/C21H25N6OP/c1-13-9-27-18(14(2)22-13)7-17(23-27)19-8-20(28)26-12-15(5-6-21(26)29-19)25-10-16(11-25)24(3)4/h5-9,12,16,21,29H,10-11H2,1-4H3. The molecule has 5 rings (SSSR count). The van der Waals surface area contributed by atoms with Crippen molar-refractivity contribution >= 4 is 25.3 Å². The molecule has 2 aromatic heterocycles. The Labute approximate surface area is 172 Å². The molecular formula is C21H25N6OP. The number of fused-ring (bicyclic) bond motifs is 2. The zero-order valence-electron chi connectivity index (χ0n) is 17.1. The topological polar surface area (TPSA) is 57.0 Å². The van der Waals surface area contributed by atoms with E-state index in [0.29, 0.717) is 14.6 Å². The summed E-state index contributed by atoms with van der Waals surface area (Å²) in [5.41, 5.74) is 4.86. The van der Waals surface area contributed by atoms with Crippen LogP contribution in [0.1, 0.15) is 17.1 Å². The van der Waals surface area contributed by atoms with Crippen LogP contribution in [0.25, 0.3) is 10.8 Å². The Balaban J connectivity index is 1.39. The van der Waals surface area contributed by atoms with E-state index in [9.17, 15) is 4.79 Å². The van der Waals surface area contributed by atoms with E-state index in [-0.39, 0.29) is 11.7 Å². The molecule has 0 radical (unpaired) electrons. The summed E-state index contributed by atoms with van der Waals surface area (Å²) in [5, 5.41) is 5.72. The molecule has 2 atom stereocenters. The summed E-state index contributed by atoms with van der Waals surface area (Å²) in [6.45, 7) is 5.97. The van der Waals surface area contributed by atoms with Gasteiger partial charge in [0.2, 0.25) is 0 Å². The van der Waals surface area contributed by atoms with Crippen LogP contribution in [0.3, 0.4) is 0 Å². The van der Waals surface area contributed by atoms with E-state index in [1.807, 2.05) is 41.7 Å². The van der Waals surface area contributed by atoms with Crippen LogP contribution in [-0.4, -0.2) is 74.2 Å². The molecule has 3 aliphatic rings. The van der Waals surface area contributed by atoms with Gasteiger partial charge >= 0.3 is 0 Å². The molecule has 1 saturated heterocycles. The first-order valence-electron chi connectivity index (χ1n) is 9.85. The molecule has 7 nitrogen and oxygen atoms in total. The summed E-state index contributed by atoms with van der Waals surface area (Å²) < 4.78 is 1.87. The average molecular weight is 408 g/mol. The van der Waals surface area contributed by atoms with Crippen molar-refractivity contribution in [3.8, 4) is 0 Å². The van der Waals surface area contributed by atoms with Crippen LogP contribution in [0.2, 0.25) is 0 Å². The molecule has 0 aliphatic carbocycles. The van der Waals surface area contributed by atoms with Crippen molar-refractivity contribution in [1.29, 1.82) is 0 Å². The van der Waals surface area contributed by atoms with Crippen molar-refractivity contribution < 1.29 is 4.79 Å².